The van der Waals surface area contributed by atoms with E-state index in [4.69, 9.17) is 4.74 Å². The maximum absolute atomic E-state index is 11.1. The normalized spacial score (nSPS) is 10.5. The Morgan fingerprint density at radius 3 is 2.70 bits per heavy atom. The first-order chi connectivity index (χ1) is 9.78. The number of hydrogen-bond donors (Lipinski definition) is 0. The number of nitrogens with zero attached hydrogens (tertiary/aromatic N) is 2. The van der Waals surface area contributed by atoms with Crippen molar-refractivity contribution in [2.24, 2.45) is 0 Å². The molecule has 0 atom stereocenters. The molecule has 0 N–H and O–H groups in total. The van der Waals surface area contributed by atoms with Gasteiger partial charge >= 0.3 is 0 Å². The second kappa shape index (κ2) is 7.14. The molecule has 1 aromatic heterocycles. The maximum Gasteiger partial charge on any atom is 0.168 e. The second-order valence-corrected chi connectivity index (χ2v) is 5.43. The molecule has 0 aliphatic heterocycles. The molecule has 1 heterocycles. The molecular weight excluding hydrogens is 272 g/mol. The molecular formula is C15H18N2O2S. The zero-order valence-corrected chi connectivity index (χ0v) is 12.5. The third-order valence-corrected chi connectivity index (χ3v) is 4.10. The Hall–Kier alpha value is -1.75. The second-order valence-electron chi connectivity index (χ2n) is 4.37. The Kier molecular flexibility index (Phi) is 5.24. The van der Waals surface area contributed by atoms with Crippen molar-refractivity contribution in [3.8, 4) is 5.75 Å². The fourth-order valence-electron chi connectivity index (χ4n) is 1.85. The zero-order chi connectivity index (χ0) is 14.4. The summed E-state index contributed by atoms with van der Waals surface area (Å²) in [5.74, 6) is 1.83. The van der Waals surface area contributed by atoms with Crippen molar-refractivity contribution in [3.05, 3.63) is 41.7 Å². The largest absolute Gasteiger partial charge is 0.497 e. The van der Waals surface area contributed by atoms with Gasteiger partial charge in [-0.05, 0) is 24.1 Å². The van der Waals surface area contributed by atoms with Gasteiger partial charge in [0.15, 0.2) is 11.4 Å². The van der Waals surface area contributed by atoms with Crippen LogP contribution in [0.4, 0.5) is 0 Å². The molecule has 2 rings (SSSR count). The highest BCUT2D eigenvalue weighted by molar-refractivity contribution is 7.99. The number of carbonyl (C=O) groups excluding carboxylic acids is 1. The molecule has 2 aromatic rings. The van der Waals surface area contributed by atoms with Gasteiger partial charge in [0.25, 0.3) is 0 Å². The van der Waals surface area contributed by atoms with Gasteiger partial charge in [-0.25, -0.2) is 4.98 Å². The standard InChI is InChI=1S/C15H18N2O2S/c1-3-8-20-15-16-9-13(11-18)17(15)10-12-4-6-14(19-2)7-5-12/h4-7,9,11H,3,8,10H2,1-2H3. The van der Waals surface area contributed by atoms with Crippen LogP contribution in [0.1, 0.15) is 29.4 Å². The van der Waals surface area contributed by atoms with E-state index in [1.165, 1.54) is 0 Å². The summed E-state index contributed by atoms with van der Waals surface area (Å²) in [5.41, 5.74) is 1.73. The van der Waals surface area contributed by atoms with Gasteiger partial charge in [-0.1, -0.05) is 30.8 Å². The van der Waals surface area contributed by atoms with E-state index in [1.807, 2.05) is 28.8 Å². The van der Waals surface area contributed by atoms with Crippen LogP contribution in [0.5, 0.6) is 5.75 Å². The van der Waals surface area contributed by atoms with E-state index in [9.17, 15) is 4.79 Å². The predicted octanol–water partition coefficient (Wildman–Crippen LogP) is 3.25. The minimum absolute atomic E-state index is 0.611. The first-order valence-corrected chi connectivity index (χ1v) is 7.53. The number of carbonyl (C=O) groups is 1. The van der Waals surface area contributed by atoms with Crippen LogP contribution < -0.4 is 4.74 Å². The van der Waals surface area contributed by atoms with Gasteiger partial charge < -0.3 is 9.30 Å². The van der Waals surface area contributed by atoms with Crippen molar-refractivity contribution in [3.63, 3.8) is 0 Å². The van der Waals surface area contributed by atoms with Crippen LogP contribution in [0.3, 0.4) is 0 Å². The highest BCUT2D eigenvalue weighted by Crippen LogP contribution is 2.21. The molecule has 0 bridgehead atoms. The van der Waals surface area contributed by atoms with E-state index in [0.29, 0.717) is 12.2 Å². The van der Waals surface area contributed by atoms with E-state index in [2.05, 4.69) is 11.9 Å². The van der Waals surface area contributed by atoms with Gasteiger partial charge in [-0.2, -0.15) is 0 Å². The van der Waals surface area contributed by atoms with Crippen molar-refractivity contribution in [1.29, 1.82) is 0 Å². The zero-order valence-electron chi connectivity index (χ0n) is 11.7. The van der Waals surface area contributed by atoms with Crippen LogP contribution in [0.25, 0.3) is 0 Å². The Morgan fingerprint density at radius 1 is 1.35 bits per heavy atom. The summed E-state index contributed by atoms with van der Waals surface area (Å²) < 4.78 is 7.10. The van der Waals surface area contributed by atoms with E-state index in [0.717, 1.165) is 34.9 Å². The number of benzene rings is 1. The molecule has 0 amide bonds. The minimum atomic E-state index is 0.611. The summed E-state index contributed by atoms with van der Waals surface area (Å²) >= 11 is 1.68. The number of aldehydes is 1. The van der Waals surface area contributed by atoms with Crippen LogP contribution in [0.15, 0.2) is 35.6 Å². The molecule has 0 saturated carbocycles. The highest BCUT2D eigenvalue weighted by Gasteiger charge is 2.10. The molecule has 0 spiro atoms. The Balaban J connectivity index is 2.21. The summed E-state index contributed by atoms with van der Waals surface area (Å²) in [7, 11) is 1.65. The summed E-state index contributed by atoms with van der Waals surface area (Å²) in [5, 5.41) is 0.893. The van der Waals surface area contributed by atoms with E-state index in [1.54, 1.807) is 25.1 Å². The molecule has 0 saturated heterocycles. The number of aromatic nitrogens is 2. The van der Waals surface area contributed by atoms with Crippen LogP contribution in [-0.2, 0) is 6.54 Å². The number of thioether (sulfide) groups is 1. The Labute approximate surface area is 123 Å². The number of methoxy groups -OCH3 is 1. The van der Waals surface area contributed by atoms with Crippen molar-refractivity contribution < 1.29 is 9.53 Å². The molecule has 106 valence electrons. The minimum Gasteiger partial charge on any atom is -0.497 e. The first kappa shape index (κ1) is 14.7. The number of hydrogen-bond acceptors (Lipinski definition) is 4. The topological polar surface area (TPSA) is 44.1 Å². The lowest BCUT2D eigenvalue weighted by molar-refractivity contribution is 0.111. The quantitative estimate of drug-likeness (QED) is 0.580. The van der Waals surface area contributed by atoms with Gasteiger partial charge in [0.2, 0.25) is 0 Å². The fourth-order valence-corrected chi connectivity index (χ4v) is 2.69. The van der Waals surface area contributed by atoms with Crippen molar-refractivity contribution >= 4 is 18.0 Å². The molecule has 0 aliphatic rings. The van der Waals surface area contributed by atoms with Gasteiger partial charge in [0, 0.05) is 5.75 Å². The highest BCUT2D eigenvalue weighted by atomic mass is 32.2. The lowest BCUT2D eigenvalue weighted by Gasteiger charge is -2.09. The maximum atomic E-state index is 11.1. The monoisotopic (exact) mass is 290 g/mol. The van der Waals surface area contributed by atoms with Crippen molar-refractivity contribution in [1.82, 2.24) is 9.55 Å². The van der Waals surface area contributed by atoms with Crippen molar-refractivity contribution in [2.75, 3.05) is 12.9 Å². The average molecular weight is 290 g/mol. The Morgan fingerprint density at radius 2 is 2.10 bits per heavy atom. The summed E-state index contributed by atoms with van der Waals surface area (Å²) in [6.07, 6.45) is 3.57. The molecule has 5 heteroatoms. The van der Waals surface area contributed by atoms with E-state index >= 15 is 0 Å². The average Bonchev–Trinajstić information content (AvgIpc) is 2.88. The van der Waals surface area contributed by atoms with Crippen LogP contribution >= 0.6 is 11.8 Å². The fraction of sp³-hybridized carbons (Fsp3) is 0.333. The lowest BCUT2D eigenvalue weighted by atomic mass is 10.2. The molecule has 0 radical (unpaired) electrons. The van der Waals surface area contributed by atoms with Crippen LogP contribution in [0.2, 0.25) is 0 Å². The molecule has 20 heavy (non-hydrogen) atoms. The van der Waals surface area contributed by atoms with Crippen LogP contribution in [-0.4, -0.2) is 28.7 Å². The number of ether oxygens (including phenoxy) is 1. The molecule has 0 aliphatic carbocycles. The smallest absolute Gasteiger partial charge is 0.168 e. The third-order valence-electron chi connectivity index (χ3n) is 2.91. The third kappa shape index (κ3) is 3.42. The summed E-state index contributed by atoms with van der Waals surface area (Å²) in [6.45, 7) is 2.77. The SMILES string of the molecule is CCCSc1ncc(C=O)n1Cc1ccc(OC)cc1. The summed E-state index contributed by atoms with van der Waals surface area (Å²) in [6, 6.07) is 7.85. The van der Waals surface area contributed by atoms with Gasteiger partial charge in [0.1, 0.15) is 11.4 Å². The Bertz CT molecular complexity index is 564. The van der Waals surface area contributed by atoms with Gasteiger partial charge in [0.05, 0.1) is 19.9 Å². The lowest BCUT2D eigenvalue weighted by Crippen LogP contribution is -2.05. The van der Waals surface area contributed by atoms with Crippen molar-refractivity contribution in [2.45, 2.75) is 25.0 Å². The summed E-state index contributed by atoms with van der Waals surface area (Å²) in [4.78, 5) is 15.4. The molecule has 4 nitrogen and oxygen atoms in total. The number of imidazole rings is 1. The molecule has 0 fully saturated rings. The van der Waals surface area contributed by atoms with E-state index < -0.39 is 0 Å². The van der Waals surface area contributed by atoms with Crippen LogP contribution in [0, 0.1) is 0 Å². The predicted molar refractivity (Wildman–Crippen MR) is 80.7 cm³/mol. The molecule has 1 aromatic carbocycles. The molecule has 0 unspecified atom stereocenters. The van der Waals surface area contributed by atoms with E-state index in [-0.39, 0.29) is 0 Å². The van der Waals surface area contributed by atoms with Gasteiger partial charge in [-0.3, -0.25) is 4.79 Å². The van der Waals surface area contributed by atoms with Gasteiger partial charge in [-0.15, -0.1) is 0 Å². The number of rotatable bonds is 7. The first-order valence-electron chi connectivity index (χ1n) is 6.55.